The molecular formula is C12H22N2O. The fraction of sp³-hybridized carbons (Fsp3) is 0.833. The fourth-order valence-corrected chi connectivity index (χ4v) is 1.79. The van der Waals surface area contributed by atoms with E-state index in [2.05, 4.69) is 29.4 Å². The molecule has 2 N–H and O–H groups in total. The third-order valence-electron chi connectivity index (χ3n) is 2.56. The van der Waals surface area contributed by atoms with Crippen LogP contribution in [-0.4, -0.2) is 38.4 Å². The Labute approximate surface area is 93.0 Å². The van der Waals surface area contributed by atoms with E-state index in [9.17, 15) is 0 Å². The lowest BCUT2D eigenvalue weighted by molar-refractivity contribution is 0.0713. The average molecular weight is 210 g/mol. The topological polar surface area (TPSA) is 33.3 Å². The average Bonchev–Trinajstić information content (AvgIpc) is 2.26. The maximum atomic E-state index is 5.41. The predicted octanol–water partition coefficient (Wildman–Crippen LogP) is 0.756. The first-order valence-corrected chi connectivity index (χ1v) is 5.77. The lowest BCUT2D eigenvalue weighted by Gasteiger charge is -2.26. The van der Waals surface area contributed by atoms with E-state index in [4.69, 9.17) is 4.74 Å². The van der Waals surface area contributed by atoms with Gasteiger partial charge in [-0.05, 0) is 20.3 Å². The maximum Gasteiger partial charge on any atom is 0.0620 e. The summed E-state index contributed by atoms with van der Waals surface area (Å²) < 4.78 is 5.41. The molecule has 1 aliphatic rings. The zero-order chi connectivity index (χ0) is 10.9. The van der Waals surface area contributed by atoms with Crippen molar-refractivity contribution in [3.8, 4) is 11.8 Å². The summed E-state index contributed by atoms with van der Waals surface area (Å²) in [4.78, 5) is 0. The van der Waals surface area contributed by atoms with Gasteiger partial charge in [0.2, 0.25) is 0 Å². The Morgan fingerprint density at radius 2 is 2.47 bits per heavy atom. The van der Waals surface area contributed by atoms with Gasteiger partial charge in [0.15, 0.2) is 0 Å². The Bertz CT molecular complexity index is 213. The molecule has 1 aliphatic heterocycles. The summed E-state index contributed by atoms with van der Waals surface area (Å²) in [6.07, 6.45) is 2.06. The van der Waals surface area contributed by atoms with Crippen LogP contribution in [0, 0.1) is 11.8 Å². The van der Waals surface area contributed by atoms with Gasteiger partial charge < -0.3 is 15.4 Å². The molecule has 3 nitrogen and oxygen atoms in total. The van der Waals surface area contributed by atoms with E-state index in [0.29, 0.717) is 12.1 Å². The molecule has 3 heteroatoms. The van der Waals surface area contributed by atoms with Gasteiger partial charge in [0.25, 0.3) is 0 Å². The molecule has 15 heavy (non-hydrogen) atoms. The summed E-state index contributed by atoms with van der Waals surface area (Å²) >= 11 is 0. The van der Waals surface area contributed by atoms with Gasteiger partial charge in [0.1, 0.15) is 0 Å². The van der Waals surface area contributed by atoms with Crippen LogP contribution in [0.25, 0.3) is 0 Å². The summed E-state index contributed by atoms with van der Waals surface area (Å²) in [6, 6.07) is 1.04. The highest BCUT2D eigenvalue weighted by atomic mass is 16.5. The van der Waals surface area contributed by atoms with Crippen LogP contribution in [0.2, 0.25) is 0 Å². The highest BCUT2D eigenvalue weighted by molar-refractivity contribution is 4.95. The number of hydrogen-bond donors (Lipinski definition) is 2. The molecule has 0 amide bonds. The Morgan fingerprint density at radius 1 is 1.60 bits per heavy atom. The van der Waals surface area contributed by atoms with Gasteiger partial charge in [-0.15, -0.1) is 11.8 Å². The second-order valence-electron chi connectivity index (χ2n) is 3.99. The van der Waals surface area contributed by atoms with Crippen LogP contribution in [0.5, 0.6) is 0 Å². The van der Waals surface area contributed by atoms with E-state index in [1.54, 1.807) is 0 Å². The summed E-state index contributed by atoms with van der Waals surface area (Å²) in [5.41, 5.74) is 0. The largest absolute Gasteiger partial charge is 0.379 e. The van der Waals surface area contributed by atoms with E-state index in [1.165, 1.54) is 0 Å². The first-order valence-electron chi connectivity index (χ1n) is 5.77. The molecule has 0 aromatic rings. The predicted molar refractivity (Wildman–Crippen MR) is 62.8 cm³/mol. The third-order valence-corrected chi connectivity index (χ3v) is 2.56. The molecule has 2 unspecified atom stereocenters. The maximum absolute atomic E-state index is 5.41. The highest BCUT2D eigenvalue weighted by Gasteiger charge is 2.15. The second-order valence-corrected chi connectivity index (χ2v) is 3.99. The molecule has 2 atom stereocenters. The van der Waals surface area contributed by atoms with E-state index in [0.717, 1.165) is 39.1 Å². The first-order chi connectivity index (χ1) is 7.33. The zero-order valence-electron chi connectivity index (χ0n) is 9.81. The molecule has 0 spiro atoms. The summed E-state index contributed by atoms with van der Waals surface area (Å²) in [5.74, 6) is 5.95. The van der Waals surface area contributed by atoms with Gasteiger partial charge in [-0.2, -0.15) is 0 Å². The van der Waals surface area contributed by atoms with Crippen LogP contribution in [0.15, 0.2) is 0 Å². The molecule has 0 radical (unpaired) electrons. The molecule has 0 aliphatic carbocycles. The highest BCUT2D eigenvalue weighted by Crippen LogP contribution is 2.02. The number of ether oxygens (including phenoxy) is 1. The minimum absolute atomic E-state index is 0.513. The Hall–Kier alpha value is -0.560. The lowest BCUT2D eigenvalue weighted by Crippen LogP contribution is -2.45. The molecule has 1 fully saturated rings. The molecule has 86 valence electrons. The normalized spacial score (nSPS) is 22.9. The number of morpholine rings is 1. The quantitative estimate of drug-likeness (QED) is 0.519. The van der Waals surface area contributed by atoms with Crippen LogP contribution in [-0.2, 0) is 4.74 Å². The van der Waals surface area contributed by atoms with E-state index in [-0.39, 0.29) is 0 Å². The number of nitrogens with one attached hydrogen (secondary N) is 2. The van der Waals surface area contributed by atoms with Crippen LogP contribution < -0.4 is 10.6 Å². The molecule has 0 bridgehead atoms. The van der Waals surface area contributed by atoms with Crippen molar-refractivity contribution in [3.63, 3.8) is 0 Å². The monoisotopic (exact) mass is 210 g/mol. The minimum Gasteiger partial charge on any atom is -0.379 e. The van der Waals surface area contributed by atoms with E-state index in [1.807, 2.05) is 6.92 Å². The summed E-state index contributed by atoms with van der Waals surface area (Å²) in [7, 11) is 0. The number of hydrogen-bond acceptors (Lipinski definition) is 3. The molecule has 1 rings (SSSR count). The standard InChI is InChI=1S/C12H22N2O/c1-3-4-5-6-13-11(2)9-12-10-15-8-7-14-12/h11-14H,5-10H2,1-2H3. The van der Waals surface area contributed by atoms with E-state index >= 15 is 0 Å². The molecule has 1 saturated heterocycles. The van der Waals surface area contributed by atoms with Crippen molar-refractivity contribution >= 4 is 0 Å². The van der Waals surface area contributed by atoms with Crippen molar-refractivity contribution in [2.45, 2.75) is 38.8 Å². The molecule has 0 saturated carbocycles. The SMILES string of the molecule is CC#CCCNC(C)CC1COCCN1. The van der Waals surface area contributed by atoms with Crippen LogP contribution >= 0.6 is 0 Å². The fourth-order valence-electron chi connectivity index (χ4n) is 1.79. The van der Waals surface area contributed by atoms with Gasteiger partial charge >= 0.3 is 0 Å². The van der Waals surface area contributed by atoms with Crippen molar-refractivity contribution in [2.24, 2.45) is 0 Å². The Kier molecular flexibility index (Phi) is 6.42. The van der Waals surface area contributed by atoms with Crippen LogP contribution in [0.4, 0.5) is 0 Å². The van der Waals surface area contributed by atoms with Crippen LogP contribution in [0.3, 0.4) is 0 Å². The minimum atomic E-state index is 0.513. The summed E-state index contributed by atoms with van der Waals surface area (Å²) in [6.45, 7) is 7.77. The van der Waals surface area contributed by atoms with E-state index < -0.39 is 0 Å². The smallest absolute Gasteiger partial charge is 0.0620 e. The molecule has 0 aromatic heterocycles. The van der Waals surface area contributed by atoms with Gasteiger partial charge in [-0.25, -0.2) is 0 Å². The van der Waals surface area contributed by atoms with Gasteiger partial charge in [0.05, 0.1) is 13.2 Å². The van der Waals surface area contributed by atoms with Gasteiger partial charge in [0, 0.05) is 31.6 Å². The molecule has 0 aromatic carbocycles. The second kappa shape index (κ2) is 7.70. The number of rotatable bonds is 5. The van der Waals surface area contributed by atoms with Crippen molar-refractivity contribution in [2.75, 3.05) is 26.3 Å². The Balaban J connectivity index is 2.05. The first kappa shape index (κ1) is 12.5. The van der Waals surface area contributed by atoms with Gasteiger partial charge in [-0.3, -0.25) is 0 Å². The van der Waals surface area contributed by atoms with Crippen molar-refractivity contribution < 1.29 is 4.74 Å². The lowest BCUT2D eigenvalue weighted by atomic mass is 10.1. The summed E-state index contributed by atoms with van der Waals surface area (Å²) in [5, 5.41) is 6.93. The third kappa shape index (κ3) is 5.78. The van der Waals surface area contributed by atoms with Crippen molar-refractivity contribution in [1.29, 1.82) is 0 Å². The van der Waals surface area contributed by atoms with Gasteiger partial charge in [-0.1, -0.05) is 0 Å². The van der Waals surface area contributed by atoms with Crippen LogP contribution in [0.1, 0.15) is 26.7 Å². The zero-order valence-corrected chi connectivity index (χ0v) is 9.81. The molecular weight excluding hydrogens is 188 g/mol. The molecule has 1 heterocycles. The van der Waals surface area contributed by atoms with Crippen molar-refractivity contribution in [3.05, 3.63) is 0 Å². The van der Waals surface area contributed by atoms with Crippen molar-refractivity contribution in [1.82, 2.24) is 10.6 Å². The Morgan fingerprint density at radius 3 is 3.13 bits per heavy atom.